The normalized spacial score (nSPS) is 11.8. The lowest BCUT2D eigenvalue weighted by molar-refractivity contribution is -0.145. The molecule has 0 saturated carbocycles. The molecule has 138 valence electrons. The van der Waals surface area contributed by atoms with E-state index in [-0.39, 0.29) is 12.2 Å². The molecule has 6 heteroatoms. The molecule has 0 unspecified atom stereocenters. The first-order valence-corrected chi connectivity index (χ1v) is 9.20. The van der Waals surface area contributed by atoms with Gasteiger partial charge in [0.25, 0.3) is 5.91 Å². The third-order valence-electron chi connectivity index (χ3n) is 4.11. The van der Waals surface area contributed by atoms with Crippen LogP contribution in [0.2, 0.25) is 0 Å². The number of carbonyl (C=O) groups excluding carboxylic acids is 2. The number of hydrogen-bond donors (Lipinski definition) is 1. The van der Waals surface area contributed by atoms with Gasteiger partial charge in [-0.3, -0.25) is 4.79 Å². The molecule has 0 heterocycles. The summed E-state index contributed by atoms with van der Waals surface area (Å²) in [5.41, 5.74) is 0.865. The summed E-state index contributed by atoms with van der Waals surface area (Å²) in [6.45, 7) is 1.90. The van der Waals surface area contributed by atoms with Gasteiger partial charge in [0.15, 0.2) is 6.04 Å². The van der Waals surface area contributed by atoms with Crippen molar-refractivity contribution in [2.24, 2.45) is 0 Å². The Hall–Kier alpha value is -2.73. The van der Waals surface area contributed by atoms with Gasteiger partial charge in [-0.05, 0) is 57.4 Å². The Kier molecular flexibility index (Phi) is 5.86. The predicted octanol–water partition coefficient (Wildman–Crippen LogP) is 4.78. The second-order valence-corrected chi connectivity index (χ2v) is 6.71. The van der Waals surface area contributed by atoms with Crippen molar-refractivity contribution >= 4 is 38.6 Å². The van der Waals surface area contributed by atoms with Crippen LogP contribution in [0, 0.1) is 5.82 Å². The van der Waals surface area contributed by atoms with Gasteiger partial charge >= 0.3 is 5.97 Å². The number of esters is 1. The number of nitrogens with one attached hydrogen (secondary N) is 1. The fourth-order valence-electron chi connectivity index (χ4n) is 2.87. The highest BCUT2D eigenvalue weighted by Gasteiger charge is 2.27. The lowest BCUT2D eigenvalue weighted by Gasteiger charge is -2.20. The van der Waals surface area contributed by atoms with Crippen molar-refractivity contribution in [3.8, 4) is 0 Å². The van der Waals surface area contributed by atoms with Gasteiger partial charge in [-0.25, -0.2) is 9.18 Å². The molecule has 27 heavy (non-hydrogen) atoms. The average Bonchev–Trinajstić information content (AvgIpc) is 2.65. The molecule has 0 aliphatic carbocycles. The molecule has 0 fully saturated rings. The van der Waals surface area contributed by atoms with E-state index in [0.29, 0.717) is 10.0 Å². The second-order valence-electron chi connectivity index (χ2n) is 5.85. The van der Waals surface area contributed by atoms with E-state index in [4.69, 9.17) is 4.74 Å². The largest absolute Gasteiger partial charge is 0.464 e. The summed E-state index contributed by atoms with van der Waals surface area (Å²) in [6.07, 6.45) is 0. The Morgan fingerprint density at radius 1 is 1.11 bits per heavy atom. The van der Waals surface area contributed by atoms with E-state index in [9.17, 15) is 14.0 Å². The van der Waals surface area contributed by atoms with Crippen LogP contribution in [0.4, 0.5) is 4.39 Å². The quantitative estimate of drug-likeness (QED) is 0.593. The Labute approximate surface area is 164 Å². The van der Waals surface area contributed by atoms with E-state index >= 15 is 0 Å². The Morgan fingerprint density at radius 2 is 1.85 bits per heavy atom. The van der Waals surface area contributed by atoms with Gasteiger partial charge in [-0.2, -0.15) is 0 Å². The lowest BCUT2D eigenvalue weighted by atomic mass is 9.98. The van der Waals surface area contributed by atoms with Gasteiger partial charge in [-0.15, -0.1) is 0 Å². The molecule has 0 aliphatic rings. The zero-order valence-electron chi connectivity index (χ0n) is 14.5. The molecule has 3 aromatic carbocycles. The molecular formula is C21H17BrFNO3. The monoisotopic (exact) mass is 429 g/mol. The van der Waals surface area contributed by atoms with E-state index in [1.54, 1.807) is 13.0 Å². The maximum Gasteiger partial charge on any atom is 0.333 e. The van der Waals surface area contributed by atoms with E-state index in [1.807, 2.05) is 36.4 Å². The van der Waals surface area contributed by atoms with Gasteiger partial charge in [0, 0.05) is 4.47 Å². The van der Waals surface area contributed by atoms with E-state index in [1.165, 1.54) is 18.2 Å². The van der Waals surface area contributed by atoms with Gasteiger partial charge in [0.05, 0.1) is 12.2 Å². The molecule has 0 saturated heterocycles. The molecule has 3 aromatic rings. The van der Waals surface area contributed by atoms with E-state index in [0.717, 1.165) is 10.8 Å². The minimum absolute atomic E-state index is 0.191. The van der Waals surface area contributed by atoms with Crippen LogP contribution in [0.1, 0.15) is 28.9 Å². The first kappa shape index (κ1) is 19.0. The zero-order valence-corrected chi connectivity index (χ0v) is 16.1. The molecule has 1 N–H and O–H groups in total. The van der Waals surface area contributed by atoms with Crippen LogP contribution < -0.4 is 5.32 Å². The van der Waals surface area contributed by atoms with E-state index < -0.39 is 23.7 Å². The first-order chi connectivity index (χ1) is 13.0. The molecule has 0 radical (unpaired) electrons. The number of rotatable bonds is 5. The Morgan fingerprint density at radius 3 is 2.59 bits per heavy atom. The van der Waals surface area contributed by atoms with Crippen LogP contribution in [0.3, 0.4) is 0 Å². The van der Waals surface area contributed by atoms with Crippen molar-refractivity contribution in [2.45, 2.75) is 13.0 Å². The van der Waals surface area contributed by atoms with Crippen LogP contribution in [0.25, 0.3) is 10.8 Å². The minimum atomic E-state index is -0.986. The Balaban J connectivity index is 2.01. The summed E-state index contributed by atoms with van der Waals surface area (Å²) >= 11 is 3.18. The number of carbonyl (C=O) groups is 2. The molecule has 1 atom stereocenters. The SMILES string of the molecule is CCOC(=O)[C@H](NC(=O)c1ccc(F)cc1Br)c1cccc2ccccc12. The van der Waals surface area contributed by atoms with Crippen molar-refractivity contribution < 1.29 is 18.7 Å². The molecular weight excluding hydrogens is 413 g/mol. The highest BCUT2D eigenvalue weighted by atomic mass is 79.9. The van der Waals surface area contributed by atoms with Crippen LogP contribution >= 0.6 is 15.9 Å². The highest BCUT2D eigenvalue weighted by molar-refractivity contribution is 9.10. The number of amides is 1. The summed E-state index contributed by atoms with van der Waals surface area (Å²) in [5.74, 6) is -1.53. The molecule has 0 aliphatic heterocycles. The van der Waals surface area contributed by atoms with Gasteiger partial charge in [-0.1, -0.05) is 42.5 Å². The summed E-state index contributed by atoms with van der Waals surface area (Å²) < 4.78 is 18.8. The smallest absolute Gasteiger partial charge is 0.333 e. The number of ether oxygens (including phenoxy) is 1. The standard InChI is InChI=1S/C21H17BrFNO3/c1-2-27-21(26)19(16-9-5-7-13-6-3-4-8-15(13)16)24-20(25)17-11-10-14(23)12-18(17)22/h3-12,19H,2H2,1H3,(H,24,25)/t19-/m1/s1. The molecule has 0 aromatic heterocycles. The van der Waals surface area contributed by atoms with Crippen molar-refractivity contribution in [3.05, 3.63) is 82.1 Å². The summed E-state index contributed by atoms with van der Waals surface area (Å²) in [7, 11) is 0. The fourth-order valence-corrected chi connectivity index (χ4v) is 3.40. The van der Waals surface area contributed by atoms with Crippen LogP contribution in [-0.2, 0) is 9.53 Å². The lowest BCUT2D eigenvalue weighted by Crippen LogP contribution is -2.35. The van der Waals surface area contributed by atoms with Gasteiger partial charge in [0.2, 0.25) is 0 Å². The minimum Gasteiger partial charge on any atom is -0.464 e. The molecule has 4 nitrogen and oxygen atoms in total. The highest BCUT2D eigenvalue weighted by Crippen LogP contribution is 2.26. The second kappa shape index (κ2) is 8.31. The number of hydrogen-bond acceptors (Lipinski definition) is 3. The molecule has 1 amide bonds. The number of fused-ring (bicyclic) bond motifs is 1. The zero-order chi connectivity index (χ0) is 19.4. The van der Waals surface area contributed by atoms with Crippen LogP contribution in [-0.4, -0.2) is 18.5 Å². The third kappa shape index (κ3) is 4.17. The fraction of sp³-hybridized carbons (Fsp3) is 0.143. The summed E-state index contributed by atoms with van der Waals surface area (Å²) in [6, 6.07) is 15.9. The summed E-state index contributed by atoms with van der Waals surface area (Å²) in [5, 5.41) is 4.51. The average molecular weight is 430 g/mol. The van der Waals surface area contributed by atoms with Crippen molar-refractivity contribution in [1.29, 1.82) is 0 Å². The maximum atomic E-state index is 13.3. The summed E-state index contributed by atoms with van der Waals surface area (Å²) in [4.78, 5) is 25.3. The molecule has 3 rings (SSSR count). The maximum absolute atomic E-state index is 13.3. The topological polar surface area (TPSA) is 55.4 Å². The Bertz CT molecular complexity index is 1000. The van der Waals surface area contributed by atoms with E-state index in [2.05, 4.69) is 21.2 Å². The number of halogens is 2. The van der Waals surface area contributed by atoms with Crippen molar-refractivity contribution in [2.75, 3.05) is 6.61 Å². The first-order valence-electron chi connectivity index (χ1n) is 8.41. The van der Waals surface area contributed by atoms with Crippen molar-refractivity contribution in [1.82, 2.24) is 5.32 Å². The van der Waals surface area contributed by atoms with Crippen molar-refractivity contribution in [3.63, 3.8) is 0 Å². The third-order valence-corrected chi connectivity index (χ3v) is 4.76. The molecule has 0 spiro atoms. The van der Waals surface area contributed by atoms with Crippen LogP contribution in [0.5, 0.6) is 0 Å². The number of benzene rings is 3. The van der Waals surface area contributed by atoms with Gasteiger partial charge in [0.1, 0.15) is 5.82 Å². The predicted molar refractivity (Wildman–Crippen MR) is 105 cm³/mol. The van der Waals surface area contributed by atoms with Crippen LogP contribution in [0.15, 0.2) is 65.1 Å². The molecule has 0 bridgehead atoms. The van der Waals surface area contributed by atoms with Gasteiger partial charge < -0.3 is 10.1 Å².